The molecule has 2 aromatic heterocycles. The van der Waals surface area contributed by atoms with Gasteiger partial charge in [-0.2, -0.15) is 0 Å². The number of rotatable bonds is 4. The van der Waals surface area contributed by atoms with Crippen LogP contribution in [-0.4, -0.2) is 26.5 Å². The first kappa shape index (κ1) is 17.4. The highest BCUT2D eigenvalue weighted by Gasteiger charge is 2.13. The fourth-order valence-corrected chi connectivity index (χ4v) is 3.95. The molecule has 0 amide bonds. The molecule has 0 aliphatic heterocycles. The summed E-state index contributed by atoms with van der Waals surface area (Å²) < 4.78 is 0. The lowest BCUT2D eigenvalue weighted by Crippen LogP contribution is -2.13. The van der Waals surface area contributed by atoms with Crippen LogP contribution in [0, 0.1) is 13.8 Å². The van der Waals surface area contributed by atoms with E-state index in [0.717, 1.165) is 22.0 Å². The molecule has 0 unspecified atom stereocenters. The Bertz CT molecular complexity index is 1240. The van der Waals surface area contributed by atoms with Crippen molar-refractivity contribution in [1.29, 1.82) is 0 Å². The Morgan fingerprint density at radius 3 is 2.70 bits per heavy atom. The highest BCUT2D eigenvalue weighted by Crippen LogP contribution is 2.22. The topological polar surface area (TPSA) is 75.7 Å². The minimum absolute atomic E-state index is 0.00655. The first-order valence-corrected chi connectivity index (χ1v) is 9.53. The number of hydrogen-bond acceptors (Lipinski definition) is 5. The largest absolute Gasteiger partial charge is 0.301 e. The maximum absolute atomic E-state index is 12.7. The second-order valence-corrected chi connectivity index (χ2v) is 7.35. The summed E-state index contributed by atoms with van der Waals surface area (Å²) in [5.74, 6) is 0.181. The van der Waals surface area contributed by atoms with Crippen molar-refractivity contribution in [2.24, 2.45) is 0 Å². The smallest absolute Gasteiger partial charge is 0.261 e. The van der Waals surface area contributed by atoms with Crippen LogP contribution in [0.25, 0.3) is 21.8 Å². The molecule has 1 N–H and O–H groups in total. The molecule has 6 heteroatoms. The molecule has 0 atom stereocenters. The molecule has 2 heterocycles. The molecule has 0 bridgehead atoms. The number of aromatic nitrogens is 3. The van der Waals surface area contributed by atoms with E-state index in [1.807, 2.05) is 62.4 Å². The number of ketones is 1. The van der Waals surface area contributed by atoms with Crippen LogP contribution in [0.5, 0.6) is 0 Å². The minimum atomic E-state index is -0.231. The van der Waals surface area contributed by atoms with Gasteiger partial charge in [0.2, 0.25) is 0 Å². The third-order valence-corrected chi connectivity index (χ3v) is 5.28. The number of carbonyl (C=O) groups is 1. The van der Waals surface area contributed by atoms with E-state index < -0.39 is 0 Å². The number of nitrogens with one attached hydrogen (secondary N) is 1. The van der Waals surface area contributed by atoms with Gasteiger partial charge in [-0.15, -0.1) is 0 Å². The monoisotopic (exact) mass is 375 g/mol. The van der Waals surface area contributed by atoms with Gasteiger partial charge in [0.25, 0.3) is 5.56 Å². The van der Waals surface area contributed by atoms with Crippen LogP contribution in [0.4, 0.5) is 0 Å². The number of benzene rings is 2. The van der Waals surface area contributed by atoms with Crippen LogP contribution in [0.3, 0.4) is 0 Å². The summed E-state index contributed by atoms with van der Waals surface area (Å²) in [6.45, 7) is 3.73. The summed E-state index contributed by atoms with van der Waals surface area (Å²) in [7, 11) is 0. The SMILES string of the molecule is Cc1cc(C)c2c(=O)[nH]c(SCC(=O)c3cccc4ccccc34)nc2n1. The Morgan fingerprint density at radius 2 is 1.85 bits per heavy atom. The highest BCUT2D eigenvalue weighted by molar-refractivity contribution is 7.99. The molecule has 5 nitrogen and oxygen atoms in total. The Morgan fingerprint density at radius 1 is 1.07 bits per heavy atom. The number of pyridine rings is 1. The Balaban J connectivity index is 1.63. The van der Waals surface area contributed by atoms with E-state index in [-0.39, 0.29) is 17.1 Å². The van der Waals surface area contributed by atoms with E-state index in [9.17, 15) is 9.59 Å². The molecule has 27 heavy (non-hydrogen) atoms. The number of H-pyrrole nitrogens is 1. The normalized spacial score (nSPS) is 11.2. The number of nitrogens with zero attached hydrogens (tertiary/aromatic N) is 2. The molecular weight excluding hydrogens is 358 g/mol. The van der Waals surface area contributed by atoms with Crippen molar-refractivity contribution in [3.63, 3.8) is 0 Å². The average molecular weight is 375 g/mol. The second kappa shape index (κ2) is 6.96. The number of aryl methyl sites for hydroxylation is 2. The van der Waals surface area contributed by atoms with Crippen molar-refractivity contribution in [2.75, 3.05) is 5.75 Å². The van der Waals surface area contributed by atoms with Crippen molar-refractivity contribution in [1.82, 2.24) is 15.0 Å². The van der Waals surface area contributed by atoms with Crippen LogP contribution >= 0.6 is 11.8 Å². The van der Waals surface area contributed by atoms with Crippen molar-refractivity contribution in [3.05, 3.63) is 75.7 Å². The van der Waals surface area contributed by atoms with Crippen molar-refractivity contribution < 1.29 is 4.79 Å². The standard InChI is InChI=1S/C21H17N3O2S/c1-12-10-13(2)22-19-18(12)20(26)24-21(23-19)27-11-17(25)16-9-5-7-14-6-3-4-8-15(14)16/h3-10H,11H2,1-2H3,(H,22,23,24,26). The zero-order valence-electron chi connectivity index (χ0n) is 14.9. The van der Waals surface area contributed by atoms with Gasteiger partial charge in [0.1, 0.15) is 0 Å². The molecule has 0 aliphatic carbocycles. The lowest BCUT2D eigenvalue weighted by molar-refractivity contribution is 0.102. The van der Waals surface area contributed by atoms with Gasteiger partial charge < -0.3 is 4.98 Å². The van der Waals surface area contributed by atoms with Crippen LogP contribution in [0.2, 0.25) is 0 Å². The maximum Gasteiger partial charge on any atom is 0.261 e. The van der Waals surface area contributed by atoms with Crippen molar-refractivity contribution >= 4 is 39.4 Å². The van der Waals surface area contributed by atoms with Gasteiger partial charge in [-0.25, -0.2) is 9.97 Å². The van der Waals surface area contributed by atoms with E-state index in [2.05, 4.69) is 15.0 Å². The Labute approximate surface area is 159 Å². The van der Waals surface area contributed by atoms with Crippen LogP contribution in [0.15, 0.2) is 58.5 Å². The lowest BCUT2D eigenvalue weighted by Gasteiger charge is -2.07. The maximum atomic E-state index is 12.7. The predicted molar refractivity (Wildman–Crippen MR) is 109 cm³/mol. The van der Waals surface area contributed by atoms with Gasteiger partial charge in [-0.3, -0.25) is 9.59 Å². The summed E-state index contributed by atoms with van der Waals surface area (Å²) in [6.07, 6.45) is 0. The zero-order chi connectivity index (χ0) is 19.0. The third kappa shape index (κ3) is 3.36. The lowest BCUT2D eigenvalue weighted by atomic mass is 10.0. The third-order valence-electron chi connectivity index (χ3n) is 4.41. The Hall–Kier alpha value is -2.99. The number of carbonyl (C=O) groups excluding carboxylic acids is 1. The van der Waals surface area contributed by atoms with Gasteiger partial charge in [0.15, 0.2) is 16.6 Å². The summed E-state index contributed by atoms with van der Waals surface area (Å²) in [6, 6.07) is 15.4. The molecular formula is C21H17N3O2S. The van der Waals surface area contributed by atoms with Crippen LogP contribution in [0.1, 0.15) is 21.6 Å². The molecule has 0 spiro atoms. The summed E-state index contributed by atoms with van der Waals surface area (Å²) >= 11 is 1.22. The highest BCUT2D eigenvalue weighted by atomic mass is 32.2. The van der Waals surface area contributed by atoms with Gasteiger partial charge in [-0.1, -0.05) is 54.2 Å². The van der Waals surface area contributed by atoms with Crippen LogP contribution < -0.4 is 5.56 Å². The Kier molecular flexibility index (Phi) is 4.49. The number of Topliss-reactive ketones (excluding diaryl/α,β-unsaturated/α-hetero) is 1. The molecule has 0 saturated heterocycles. The molecule has 134 valence electrons. The number of fused-ring (bicyclic) bond motifs is 2. The molecule has 4 aromatic rings. The molecule has 0 saturated carbocycles. The van der Waals surface area contributed by atoms with E-state index in [1.54, 1.807) is 0 Å². The molecule has 0 radical (unpaired) electrons. The number of hydrogen-bond donors (Lipinski definition) is 1. The summed E-state index contributed by atoms with van der Waals surface area (Å²) in [5.41, 5.74) is 2.51. The first-order valence-electron chi connectivity index (χ1n) is 8.55. The van der Waals surface area contributed by atoms with Gasteiger partial charge in [0.05, 0.1) is 11.1 Å². The van der Waals surface area contributed by atoms with E-state index in [1.165, 1.54) is 11.8 Å². The van der Waals surface area contributed by atoms with Gasteiger partial charge in [0, 0.05) is 11.3 Å². The fraction of sp³-hybridized carbons (Fsp3) is 0.143. The van der Waals surface area contributed by atoms with Gasteiger partial charge >= 0.3 is 0 Å². The number of thioether (sulfide) groups is 1. The average Bonchev–Trinajstić information content (AvgIpc) is 2.64. The summed E-state index contributed by atoms with van der Waals surface area (Å²) in [4.78, 5) is 36.7. The van der Waals surface area contributed by atoms with E-state index >= 15 is 0 Å². The molecule has 4 rings (SSSR count). The molecule has 0 fully saturated rings. The predicted octanol–water partition coefficient (Wildman–Crippen LogP) is 4.06. The van der Waals surface area contributed by atoms with E-state index in [4.69, 9.17) is 0 Å². The minimum Gasteiger partial charge on any atom is -0.301 e. The fourth-order valence-electron chi connectivity index (χ4n) is 3.21. The van der Waals surface area contributed by atoms with E-state index in [0.29, 0.717) is 21.8 Å². The zero-order valence-corrected chi connectivity index (χ0v) is 15.8. The van der Waals surface area contributed by atoms with Crippen molar-refractivity contribution in [2.45, 2.75) is 19.0 Å². The first-order chi connectivity index (χ1) is 13.0. The van der Waals surface area contributed by atoms with Crippen LogP contribution in [-0.2, 0) is 0 Å². The number of aromatic amines is 1. The second-order valence-electron chi connectivity index (χ2n) is 6.39. The van der Waals surface area contributed by atoms with Crippen molar-refractivity contribution in [3.8, 4) is 0 Å². The molecule has 2 aromatic carbocycles. The quantitative estimate of drug-likeness (QED) is 0.331. The molecule has 0 aliphatic rings. The van der Waals surface area contributed by atoms with Gasteiger partial charge in [-0.05, 0) is 36.2 Å². The summed E-state index contributed by atoms with van der Waals surface area (Å²) in [5, 5.41) is 2.85.